The van der Waals surface area contributed by atoms with Crippen LogP contribution in [0.1, 0.15) is 12.8 Å². The number of hydrogen-bond acceptors (Lipinski definition) is 7. The number of phenols is 1. The number of hydrogen-bond donors (Lipinski definition) is 3. The molecule has 7 nitrogen and oxygen atoms in total. The largest absolute Gasteiger partial charge is 0.508 e. The Morgan fingerprint density at radius 3 is 2.61 bits per heavy atom. The smallest absolute Gasteiger partial charge is 0.202 e. The first-order valence-corrected chi connectivity index (χ1v) is 9.00. The Morgan fingerprint density at radius 2 is 1.86 bits per heavy atom. The number of fused-ring (bicyclic) bond motifs is 1. The van der Waals surface area contributed by atoms with E-state index in [1.54, 1.807) is 30.3 Å². The van der Waals surface area contributed by atoms with Crippen LogP contribution in [0.4, 0.5) is 0 Å². The molecule has 0 aliphatic carbocycles. The molecule has 0 bridgehead atoms. The maximum absolute atomic E-state index is 12.4. The summed E-state index contributed by atoms with van der Waals surface area (Å²) in [6, 6.07) is 12.6. The van der Waals surface area contributed by atoms with Crippen molar-refractivity contribution in [2.75, 3.05) is 6.61 Å². The minimum absolute atomic E-state index is 0.124. The zero-order valence-corrected chi connectivity index (χ0v) is 14.9. The molecule has 1 aliphatic heterocycles. The van der Waals surface area contributed by atoms with Gasteiger partial charge in [0, 0.05) is 30.5 Å². The molecule has 3 atom stereocenters. The molecule has 2 aromatic carbocycles. The third-order valence-electron chi connectivity index (χ3n) is 4.67. The van der Waals surface area contributed by atoms with Crippen LogP contribution in [0.3, 0.4) is 0 Å². The van der Waals surface area contributed by atoms with Crippen molar-refractivity contribution < 1.29 is 29.2 Å². The molecule has 4 rings (SSSR count). The van der Waals surface area contributed by atoms with Gasteiger partial charge in [-0.2, -0.15) is 0 Å². The van der Waals surface area contributed by atoms with E-state index in [-0.39, 0.29) is 24.2 Å². The van der Waals surface area contributed by atoms with Gasteiger partial charge in [0.25, 0.3) is 0 Å². The van der Waals surface area contributed by atoms with Crippen LogP contribution in [0.25, 0.3) is 22.3 Å². The molecule has 0 amide bonds. The van der Waals surface area contributed by atoms with E-state index < -0.39 is 18.5 Å². The molecular formula is C21H20O7. The lowest BCUT2D eigenvalue weighted by molar-refractivity contribution is -0.184. The van der Waals surface area contributed by atoms with Crippen molar-refractivity contribution in [1.82, 2.24) is 0 Å². The molecule has 0 spiro atoms. The number of aromatic hydroxyl groups is 1. The lowest BCUT2D eigenvalue weighted by Crippen LogP contribution is -2.40. The first kappa shape index (κ1) is 18.5. The Balaban J connectivity index is 1.64. The molecule has 2 heterocycles. The number of benzene rings is 2. The first-order valence-electron chi connectivity index (χ1n) is 9.00. The van der Waals surface area contributed by atoms with Crippen LogP contribution in [-0.4, -0.2) is 40.4 Å². The fourth-order valence-corrected chi connectivity index (χ4v) is 3.27. The molecule has 0 saturated carbocycles. The molecule has 1 aliphatic rings. The fourth-order valence-electron chi connectivity index (χ4n) is 3.27. The van der Waals surface area contributed by atoms with Crippen molar-refractivity contribution in [2.45, 2.75) is 31.3 Å². The average Bonchev–Trinajstić information content (AvgIpc) is 2.67. The molecule has 146 valence electrons. The Bertz CT molecular complexity index is 1030. The topological polar surface area (TPSA) is 109 Å². The summed E-state index contributed by atoms with van der Waals surface area (Å²) in [6.07, 6.45) is -1.15. The third kappa shape index (κ3) is 3.87. The number of aliphatic hydroxyl groups is 2. The van der Waals surface area contributed by atoms with Gasteiger partial charge in [0.05, 0.1) is 24.2 Å². The van der Waals surface area contributed by atoms with Gasteiger partial charge in [0.2, 0.25) is 6.29 Å². The SMILES string of the molecule is O=c1cc(-c2ccc(O)cc2)oc2cc(O[C@H]3C[C@@H](O)C[C@@H](CO)O3)ccc12. The van der Waals surface area contributed by atoms with Crippen LogP contribution < -0.4 is 10.2 Å². The van der Waals surface area contributed by atoms with Crippen molar-refractivity contribution >= 4 is 11.0 Å². The maximum Gasteiger partial charge on any atom is 0.202 e. The van der Waals surface area contributed by atoms with Crippen LogP contribution in [0.15, 0.2) is 57.7 Å². The van der Waals surface area contributed by atoms with Gasteiger partial charge in [-0.25, -0.2) is 0 Å². The van der Waals surface area contributed by atoms with E-state index in [9.17, 15) is 20.1 Å². The molecule has 7 heteroatoms. The quantitative estimate of drug-likeness (QED) is 0.634. The Morgan fingerprint density at radius 1 is 1.07 bits per heavy atom. The summed E-state index contributed by atoms with van der Waals surface area (Å²) in [5, 5.41) is 29.0. The zero-order chi connectivity index (χ0) is 19.7. The molecule has 0 radical (unpaired) electrons. The van der Waals surface area contributed by atoms with Crippen molar-refractivity contribution in [3.63, 3.8) is 0 Å². The normalized spacial score (nSPS) is 22.3. The maximum atomic E-state index is 12.4. The fraction of sp³-hybridized carbons (Fsp3) is 0.286. The van der Waals surface area contributed by atoms with Crippen LogP contribution in [0.2, 0.25) is 0 Å². The minimum atomic E-state index is -0.703. The van der Waals surface area contributed by atoms with Crippen LogP contribution in [0.5, 0.6) is 11.5 Å². The van der Waals surface area contributed by atoms with Gasteiger partial charge in [0.15, 0.2) is 5.43 Å². The van der Waals surface area contributed by atoms with E-state index in [1.807, 2.05) is 0 Å². The Labute approximate surface area is 160 Å². The predicted octanol–water partition coefficient (Wildman–Crippen LogP) is 2.40. The van der Waals surface area contributed by atoms with Crippen LogP contribution in [0, 0.1) is 0 Å². The van der Waals surface area contributed by atoms with E-state index in [2.05, 4.69) is 0 Å². The van der Waals surface area contributed by atoms with Crippen LogP contribution in [-0.2, 0) is 4.74 Å². The van der Waals surface area contributed by atoms with Gasteiger partial charge >= 0.3 is 0 Å². The number of rotatable bonds is 4. The second kappa shape index (κ2) is 7.63. The summed E-state index contributed by atoms with van der Waals surface area (Å²) in [5.74, 6) is 0.923. The van der Waals surface area contributed by atoms with E-state index in [1.165, 1.54) is 18.2 Å². The van der Waals surface area contributed by atoms with Gasteiger partial charge in [-0.1, -0.05) is 0 Å². The number of ether oxygens (including phenoxy) is 2. The standard InChI is InChI=1S/C21H20O7/c22-11-16-7-14(24)8-21(27-16)26-15-5-6-17-18(25)10-19(28-20(17)9-15)12-1-3-13(23)4-2-12/h1-6,9-10,14,16,21-24H,7-8,11H2/t14-,16-,21+/m0/s1. The second-order valence-corrected chi connectivity index (χ2v) is 6.79. The van der Waals surface area contributed by atoms with Crippen molar-refractivity contribution in [2.24, 2.45) is 0 Å². The highest BCUT2D eigenvalue weighted by Gasteiger charge is 2.29. The first-order chi connectivity index (χ1) is 13.5. The summed E-state index contributed by atoms with van der Waals surface area (Å²) in [5.41, 5.74) is 0.816. The van der Waals surface area contributed by atoms with Gasteiger partial charge in [0.1, 0.15) is 22.8 Å². The van der Waals surface area contributed by atoms with E-state index >= 15 is 0 Å². The average molecular weight is 384 g/mol. The third-order valence-corrected chi connectivity index (χ3v) is 4.67. The molecule has 28 heavy (non-hydrogen) atoms. The molecule has 1 saturated heterocycles. The highest BCUT2D eigenvalue weighted by Crippen LogP contribution is 2.28. The van der Waals surface area contributed by atoms with Crippen LogP contribution >= 0.6 is 0 Å². The Hall–Kier alpha value is -2.87. The van der Waals surface area contributed by atoms with Crippen molar-refractivity contribution in [1.29, 1.82) is 0 Å². The van der Waals surface area contributed by atoms with Gasteiger partial charge < -0.3 is 29.2 Å². The van der Waals surface area contributed by atoms with Gasteiger partial charge in [-0.15, -0.1) is 0 Å². The molecular weight excluding hydrogens is 364 g/mol. The summed E-state index contributed by atoms with van der Waals surface area (Å²) in [7, 11) is 0. The van der Waals surface area contributed by atoms with Gasteiger partial charge in [-0.3, -0.25) is 4.79 Å². The molecule has 3 aromatic rings. The minimum Gasteiger partial charge on any atom is -0.508 e. The van der Waals surface area contributed by atoms with E-state index in [4.69, 9.17) is 13.9 Å². The Kier molecular flexibility index (Phi) is 5.04. The summed E-state index contributed by atoms with van der Waals surface area (Å²) in [4.78, 5) is 12.4. The molecule has 1 aromatic heterocycles. The number of phenolic OH excluding ortho intramolecular Hbond substituents is 1. The lowest BCUT2D eigenvalue weighted by Gasteiger charge is -2.32. The predicted molar refractivity (Wildman–Crippen MR) is 101 cm³/mol. The molecule has 1 fully saturated rings. The number of aliphatic hydroxyl groups excluding tert-OH is 2. The summed E-state index contributed by atoms with van der Waals surface area (Å²) >= 11 is 0. The zero-order valence-electron chi connectivity index (χ0n) is 14.9. The molecule has 0 unspecified atom stereocenters. The van der Waals surface area contributed by atoms with Gasteiger partial charge in [-0.05, 0) is 36.4 Å². The van der Waals surface area contributed by atoms with Crippen molar-refractivity contribution in [3.05, 3.63) is 58.8 Å². The van der Waals surface area contributed by atoms with E-state index in [0.717, 1.165) is 0 Å². The van der Waals surface area contributed by atoms with Crippen molar-refractivity contribution in [3.8, 4) is 22.8 Å². The summed E-state index contributed by atoms with van der Waals surface area (Å²) in [6.45, 7) is -0.195. The highest BCUT2D eigenvalue weighted by molar-refractivity contribution is 5.80. The van der Waals surface area contributed by atoms with E-state index in [0.29, 0.717) is 34.5 Å². The lowest BCUT2D eigenvalue weighted by atomic mass is 10.1. The highest BCUT2D eigenvalue weighted by atomic mass is 16.7. The second-order valence-electron chi connectivity index (χ2n) is 6.79. The monoisotopic (exact) mass is 384 g/mol. The molecule has 3 N–H and O–H groups in total. The summed E-state index contributed by atoms with van der Waals surface area (Å²) < 4.78 is 17.3.